The van der Waals surface area contributed by atoms with Crippen molar-refractivity contribution in [3.05, 3.63) is 35.4 Å². The molecule has 2 rings (SSSR count). The topological polar surface area (TPSA) is 66.6 Å². The summed E-state index contributed by atoms with van der Waals surface area (Å²) in [6.07, 6.45) is 1.13. The zero-order valence-electron chi connectivity index (χ0n) is 10.7. The number of hydrogen-bond donors (Lipinski definition) is 2. The Morgan fingerprint density at radius 2 is 2.11 bits per heavy atom. The van der Waals surface area contributed by atoms with E-state index in [1.54, 1.807) is 12.1 Å². The smallest absolute Gasteiger partial charge is 0.335 e. The SMILES string of the molecule is CC1CCN(Cc2ccc(C(=O)O)cc2)CC1N. The van der Waals surface area contributed by atoms with Crippen LogP contribution < -0.4 is 5.73 Å². The minimum atomic E-state index is -0.879. The molecule has 4 nitrogen and oxygen atoms in total. The first-order valence-electron chi connectivity index (χ1n) is 6.36. The largest absolute Gasteiger partial charge is 0.478 e. The second-order valence-electron chi connectivity index (χ2n) is 5.17. The van der Waals surface area contributed by atoms with E-state index in [9.17, 15) is 4.79 Å². The summed E-state index contributed by atoms with van der Waals surface area (Å²) >= 11 is 0. The van der Waals surface area contributed by atoms with E-state index in [-0.39, 0.29) is 6.04 Å². The lowest BCUT2D eigenvalue weighted by Crippen LogP contribution is -2.47. The number of nitrogens with two attached hydrogens (primary N) is 1. The maximum atomic E-state index is 10.8. The van der Waals surface area contributed by atoms with Crippen molar-refractivity contribution in [2.45, 2.75) is 25.9 Å². The lowest BCUT2D eigenvalue weighted by Gasteiger charge is -2.35. The van der Waals surface area contributed by atoms with Crippen molar-refractivity contribution in [3.8, 4) is 0 Å². The number of aromatic carboxylic acids is 1. The van der Waals surface area contributed by atoms with Crippen LogP contribution >= 0.6 is 0 Å². The van der Waals surface area contributed by atoms with Crippen LogP contribution in [0.25, 0.3) is 0 Å². The molecule has 0 amide bonds. The van der Waals surface area contributed by atoms with Crippen molar-refractivity contribution in [3.63, 3.8) is 0 Å². The zero-order chi connectivity index (χ0) is 13.1. The van der Waals surface area contributed by atoms with Gasteiger partial charge in [0, 0.05) is 19.1 Å². The van der Waals surface area contributed by atoms with Gasteiger partial charge in [0.25, 0.3) is 0 Å². The third-order valence-electron chi connectivity index (χ3n) is 3.71. The molecule has 0 saturated carbocycles. The van der Waals surface area contributed by atoms with Gasteiger partial charge in [-0.05, 0) is 36.6 Å². The highest BCUT2D eigenvalue weighted by molar-refractivity contribution is 5.87. The first-order valence-corrected chi connectivity index (χ1v) is 6.36. The van der Waals surface area contributed by atoms with Crippen LogP contribution in [0.15, 0.2) is 24.3 Å². The van der Waals surface area contributed by atoms with E-state index in [2.05, 4.69) is 11.8 Å². The predicted molar refractivity (Wildman–Crippen MR) is 70.4 cm³/mol. The van der Waals surface area contributed by atoms with Gasteiger partial charge >= 0.3 is 5.97 Å². The lowest BCUT2D eigenvalue weighted by atomic mass is 9.94. The Hall–Kier alpha value is -1.39. The molecule has 2 atom stereocenters. The molecule has 1 heterocycles. The minimum Gasteiger partial charge on any atom is -0.478 e. The number of carboxylic acids is 1. The lowest BCUT2D eigenvalue weighted by molar-refractivity contribution is 0.0697. The number of carboxylic acid groups (broad SMARTS) is 1. The highest BCUT2D eigenvalue weighted by atomic mass is 16.4. The van der Waals surface area contributed by atoms with E-state index in [1.165, 1.54) is 0 Å². The summed E-state index contributed by atoms with van der Waals surface area (Å²) in [5.41, 5.74) is 7.54. The molecule has 0 spiro atoms. The summed E-state index contributed by atoms with van der Waals surface area (Å²) in [5, 5.41) is 8.83. The normalized spacial score (nSPS) is 25.0. The third kappa shape index (κ3) is 3.09. The fraction of sp³-hybridized carbons (Fsp3) is 0.500. The number of carbonyl (C=O) groups is 1. The summed E-state index contributed by atoms with van der Waals surface area (Å²) in [5.74, 6) is -0.286. The van der Waals surface area contributed by atoms with E-state index in [4.69, 9.17) is 10.8 Å². The molecule has 0 bridgehead atoms. The third-order valence-corrected chi connectivity index (χ3v) is 3.71. The van der Waals surface area contributed by atoms with Gasteiger partial charge in [-0.1, -0.05) is 19.1 Å². The van der Waals surface area contributed by atoms with Crippen LogP contribution in [0, 0.1) is 5.92 Å². The maximum absolute atomic E-state index is 10.8. The number of benzene rings is 1. The second kappa shape index (κ2) is 5.50. The van der Waals surface area contributed by atoms with E-state index in [1.807, 2.05) is 12.1 Å². The van der Waals surface area contributed by atoms with Crippen molar-refractivity contribution in [2.24, 2.45) is 11.7 Å². The van der Waals surface area contributed by atoms with Crippen LogP contribution in [-0.4, -0.2) is 35.1 Å². The highest BCUT2D eigenvalue weighted by Gasteiger charge is 2.22. The van der Waals surface area contributed by atoms with Crippen LogP contribution in [0.4, 0.5) is 0 Å². The molecule has 0 radical (unpaired) electrons. The second-order valence-corrected chi connectivity index (χ2v) is 5.17. The van der Waals surface area contributed by atoms with E-state index in [0.29, 0.717) is 11.5 Å². The molecule has 0 aromatic heterocycles. The molecule has 4 heteroatoms. The zero-order valence-corrected chi connectivity index (χ0v) is 10.7. The maximum Gasteiger partial charge on any atom is 0.335 e. The highest BCUT2D eigenvalue weighted by Crippen LogP contribution is 2.17. The quantitative estimate of drug-likeness (QED) is 0.851. The van der Waals surface area contributed by atoms with Crippen LogP contribution in [0.2, 0.25) is 0 Å². The molecule has 2 unspecified atom stereocenters. The summed E-state index contributed by atoms with van der Waals surface area (Å²) in [7, 11) is 0. The first-order chi connectivity index (χ1) is 8.56. The van der Waals surface area contributed by atoms with Crippen LogP contribution in [-0.2, 0) is 6.54 Å². The number of likely N-dealkylation sites (tertiary alicyclic amines) is 1. The molecule has 1 aromatic carbocycles. The molecule has 1 aliphatic heterocycles. The van der Waals surface area contributed by atoms with Gasteiger partial charge in [-0.15, -0.1) is 0 Å². The van der Waals surface area contributed by atoms with Crippen molar-refractivity contribution >= 4 is 5.97 Å². The number of hydrogen-bond acceptors (Lipinski definition) is 3. The Morgan fingerprint density at radius 1 is 1.44 bits per heavy atom. The number of piperidine rings is 1. The van der Waals surface area contributed by atoms with Crippen molar-refractivity contribution < 1.29 is 9.90 Å². The average Bonchev–Trinajstić information content (AvgIpc) is 2.34. The van der Waals surface area contributed by atoms with E-state index >= 15 is 0 Å². The summed E-state index contributed by atoms with van der Waals surface area (Å²) in [4.78, 5) is 13.1. The molecule has 98 valence electrons. The van der Waals surface area contributed by atoms with Crippen molar-refractivity contribution in [2.75, 3.05) is 13.1 Å². The van der Waals surface area contributed by atoms with Gasteiger partial charge in [-0.3, -0.25) is 4.90 Å². The van der Waals surface area contributed by atoms with Crippen LogP contribution in [0.3, 0.4) is 0 Å². The van der Waals surface area contributed by atoms with Crippen LogP contribution in [0.5, 0.6) is 0 Å². The summed E-state index contributed by atoms with van der Waals surface area (Å²) in [6, 6.07) is 7.32. The average molecular weight is 248 g/mol. The molecular weight excluding hydrogens is 228 g/mol. The molecule has 1 fully saturated rings. The van der Waals surface area contributed by atoms with Crippen molar-refractivity contribution in [1.29, 1.82) is 0 Å². The Labute approximate surface area is 107 Å². The fourth-order valence-corrected chi connectivity index (χ4v) is 2.32. The number of nitrogens with zero attached hydrogens (tertiary/aromatic N) is 1. The molecular formula is C14H20N2O2. The van der Waals surface area contributed by atoms with Gasteiger partial charge < -0.3 is 10.8 Å². The van der Waals surface area contributed by atoms with E-state index < -0.39 is 5.97 Å². The van der Waals surface area contributed by atoms with Crippen LogP contribution in [0.1, 0.15) is 29.3 Å². The number of rotatable bonds is 3. The molecule has 18 heavy (non-hydrogen) atoms. The summed E-state index contributed by atoms with van der Waals surface area (Å²) < 4.78 is 0. The Balaban J connectivity index is 1.95. The Bertz CT molecular complexity index is 416. The van der Waals surface area contributed by atoms with Gasteiger partial charge in [0.1, 0.15) is 0 Å². The minimum absolute atomic E-state index is 0.247. The first kappa shape index (κ1) is 13.1. The fourth-order valence-electron chi connectivity index (χ4n) is 2.32. The van der Waals surface area contributed by atoms with Gasteiger partial charge in [-0.25, -0.2) is 4.79 Å². The van der Waals surface area contributed by atoms with Gasteiger partial charge in [0.2, 0.25) is 0 Å². The standard InChI is InChI=1S/C14H20N2O2/c1-10-6-7-16(9-13(10)15)8-11-2-4-12(5-3-11)14(17)18/h2-5,10,13H,6-9,15H2,1H3,(H,17,18). The summed E-state index contributed by atoms with van der Waals surface area (Å²) in [6.45, 7) is 5.03. The predicted octanol–water partition coefficient (Wildman–Crippen LogP) is 1.55. The Morgan fingerprint density at radius 3 is 2.67 bits per heavy atom. The van der Waals surface area contributed by atoms with Gasteiger partial charge in [0.05, 0.1) is 5.56 Å². The molecule has 1 saturated heterocycles. The van der Waals surface area contributed by atoms with Gasteiger partial charge in [-0.2, -0.15) is 0 Å². The molecule has 0 aliphatic carbocycles. The molecule has 3 N–H and O–H groups in total. The van der Waals surface area contributed by atoms with Gasteiger partial charge in [0.15, 0.2) is 0 Å². The Kier molecular flexibility index (Phi) is 3.99. The monoisotopic (exact) mass is 248 g/mol. The molecule has 1 aromatic rings. The molecule has 1 aliphatic rings. The van der Waals surface area contributed by atoms with Crippen molar-refractivity contribution in [1.82, 2.24) is 4.90 Å². The van der Waals surface area contributed by atoms with E-state index in [0.717, 1.165) is 31.6 Å².